The highest BCUT2D eigenvalue weighted by atomic mass is 19.3. The number of aromatic nitrogens is 1. The molecule has 1 aromatic heterocycles. The highest BCUT2D eigenvalue weighted by Crippen LogP contribution is 2.33. The summed E-state index contributed by atoms with van der Waals surface area (Å²) in [6, 6.07) is 2.92. The van der Waals surface area contributed by atoms with Crippen LogP contribution in [0.5, 0.6) is 0 Å². The first-order valence-corrected chi connectivity index (χ1v) is 5.20. The summed E-state index contributed by atoms with van der Waals surface area (Å²) >= 11 is 0. The lowest BCUT2D eigenvalue weighted by Crippen LogP contribution is -2.29. The molecule has 0 saturated carbocycles. The number of rotatable bonds is 3. The molecular weight excluding hydrogens is 198 g/mol. The Morgan fingerprint density at radius 3 is 3.00 bits per heavy atom. The van der Waals surface area contributed by atoms with Gasteiger partial charge in [0, 0.05) is 30.4 Å². The molecule has 1 fully saturated rings. The van der Waals surface area contributed by atoms with Crippen LogP contribution in [0.2, 0.25) is 0 Å². The lowest BCUT2D eigenvalue weighted by Gasteiger charge is -2.20. The van der Waals surface area contributed by atoms with Crippen LogP contribution in [0.15, 0.2) is 24.5 Å². The Kier molecular flexibility index (Phi) is 2.95. The van der Waals surface area contributed by atoms with E-state index in [-0.39, 0.29) is 18.0 Å². The number of alkyl halides is 2. The van der Waals surface area contributed by atoms with Crippen molar-refractivity contribution >= 4 is 0 Å². The third-order valence-electron chi connectivity index (χ3n) is 2.75. The normalized spacial score (nSPS) is 21.9. The van der Waals surface area contributed by atoms with Gasteiger partial charge in [0.25, 0.3) is 5.92 Å². The van der Waals surface area contributed by atoms with Crippen molar-refractivity contribution in [2.75, 3.05) is 6.54 Å². The second-order valence-electron chi connectivity index (χ2n) is 3.94. The molecule has 1 aliphatic heterocycles. The number of hydrogen-bond donors (Lipinski definition) is 1. The fourth-order valence-electron chi connectivity index (χ4n) is 1.94. The average Bonchev–Trinajstić information content (AvgIpc) is 2.71. The maximum absolute atomic E-state index is 13.7. The van der Waals surface area contributed by atoms with Crippen LogP contribution in [0.4, 0.5) is 8.78 Å². The molecule has 0 spiro atoms. The van der Waals surface area contributed by atoms with E-state index in [0.717, 1.165) is 19.4 Å². The molecule has 1 aromatic rings. The van der Waals surface area contributed by atoms with Crippen molar-refractivity contribution in [3.05, 3.63) is 30.1 Å². The molecule has 1 unspecified atom stereocenters. The van der Waals surface area contributed by atoms with Crippen LogP contribution in [0.3, 0.4) is 0 Å². The fourth-order valence-corrected chi connectivity index (χ4v) is 1.94. The van der Waals surface area contributed by atoms with Crippen molar-refractivity contribution in [2.45, 2.75) is 31.2 Å². The molecule has 82 valence electrons. The summed E-state index contributed by atoms with van der Waals surface area (Å²) in [4.78, 5) is 3.73. The van der Waals surface area contributed by atoms with E-state index in [2.05, 4.69) is 10.3 Å². The zero-order valence-electron chi connectivity index (χ0n) is 8.42. The van der Waals surface area contributed by atoms with Crippen molar-refractivity contribution < 1.29 is 8.78 Å². The van der Waals surface area contributed by atoms with Crippen molar-refractivity contribution in [3.63, 3.8) is 0 Å². The first kappa shape index (κ1) is 10.5. The predicted molar refractivity (Wildman–Crippen MR) is 53.8 cm³/mol. The molecular formula is C11H14F2N2. The Morgan fingerprint density at radius 2 is 2.40 bits per heavy atom. The van der Waals surface area contributed by atoms with Crippen LogP contribution in [-0.4, -0.2) is 17.6 Å². The smallest absolute Gasteiger partial charge is 0.276 e. The van der Waals surface area contributed by atoms with Gasteiger partial charge >= 0.3 is 0 Å². The zero-order chi connectivity index (χ0) is 10.7. The molecule has 1 N–H and O–H groups in total. The standard InChI is InChI=1S/C11H14F2N2/c12-11(13,7-10-4-2-6-15-10)9-3-1-5-14-8-9/h1,3,5,8,10,15H,2,4,6-7H2. The fraction of sp³-hybridized carbons (Fsp3) is 0.545. The Balaban J connectivity index is 2.05. The van der Waals surface area contributed by atoms with Crippen LogP contribution < -0.4 is 5.32 Å². The van der Waals surface area contributed by atoms with E-state index in [9.17, 15) is 8.78 Å². The van der Waals surface area contributed by atoms with Crippen molar-refractivity contribution in [1.82, 2.24) is 10.3 Å². The largest absolute Gasteiger partial charge is 0.314 e. The maximum Gasteiger partial charge on any atom is 0.276 e. The summed E-state index contributed by atoms with van der Waals surface area (Å²) in [7, 11) is 0. The zero-order valence-corrected chi connectivity index (χ0v) is 8.42. The Bertz CT molecular complexity index is 308. The van der Waals surface area contributed by atoms with Crippen LogP contribution in [0.1, 0.15) is 24.8 Å². The predicted octanol–water partition coefficient (Wildman–Crippen LogP) is 2.32. The molecule has 0 aliphatic carbocycles. The van der Waals surface area contributed by atoms with Crippen LogP contribution in [-0.2, 0) is 5.92 Å². The number of halogens is 2. The van der Waals surface area contributed by atoms with Gasteiger partial charge in [-0.05, 0) is 31.5 Å². The van der Waals surface area contributed by atoms with Gasteiger partial charge in [-0.2, -0.15) is 0 Å². The van der Waals surface area contributed by atoms with Crippen LogP contribution in [0, 0.1) is 0 Å². The summed E-state index contributed by atoms with van der Waals surface area (Å²) in [5.74, 6) is -2.77. The first-order chi connectivity index (χ1) is 7.18. The van der Waals surface area contributed by atoms with Gasteiger partial charge in [-0.15, -0.1) is 0 Å². The quantitative estimate of drug-likeness (QED) is 0.831. The van der Waals surface area contributed by atoms with Crippen molar-refractivity contribution in [1.29, 1.82) is 0 Å². The highest BCUT2D eigenvalue weighted by molar-refractivity contribution is 5.15. The van der Waals surface area contributed by atoms with E-state index in [4.69, 9.17) is 0 Å². The second kappa shape index (κ2) is 4.23. The minimum absolute atomic E-state index is 0.0127. The molecule has 15 heavy (non-hydrogen) atoms. The molecule has 4 heteroatoms. The lowest BCUT2D eigenvalue weighted by atomic mass is 10.0. The second-order valence-corrected chi connectivity index (χ2v) is 3.94. The van der Waals surface area contributed by atoms with Crippen molar-refractivity contribution in [3.8, 4) is 0 Å². The van der Waals surface area contributed by atoms with Gasteiger partial charge in [0.1, 0.15) is 0 Å². The molecule has 0 radical (unpaired) electrons. The van der Waals surface area contributed by atoms with E-state index >= 15 is 0 Å². The average molecular weight is 212 g/mol. The third kappa shape index (κ3) is 2.50. The number of hydrogen-bond acceptors (Lipinski definition) is 2. The van der Waals surface area contributed by atoms with Gasteiger partial charge in [-0.1, -0.05) is 0 Å². The highest BCUT2D eigenvalue weighted by Gasteiger charge is 2.35. The summed E-state index contributed by atoms with van der Waals surface area (Å²) < 4.78 is 27.5. The number of nitrogens with zero attached hydrogens (tertiary/aromatic N) is 1. The molecule has 2 rings (SSSR count). The molecule has 0 bridgehead atoms. The van der Waals surface area contributed by atoms with Gasteiger partial charge < -0.3 is 5.32 Å². The van der Waals surface area contributed by atoms with Gasteiger partial charge in [0.05, 0.1) is 0 Å². The lowest BCUT2D eigenvalue weighted by molar-refractivity contribution is -0.0216. The molecule has 2 heterocycles. The van der Waals surface area contributed by atoms with Gasteiger partial charge in [0.15, 0.2) is 0 Å². The monoisotopic (exact) mass is 212 g/mol. The molecule has 1 aliphatic rings. The summed E-state index contributed by atoms with van der Waals surface area (Å²) in [6.45, 7) is 0.855. The molecule has 0 aromatic carbocycles. The van der Waals surface area contributed by atoms with E-state index in [1.165, 1.54) is 18.5 Å². The Hall–Kier alpha value is -1.03. The molecule has 2 nitrogen and oxygen atoms in total. The summed E-state index contributed by atoms with van der Waals surface area (Å²) in [6.07, 6.45) is 4.46. The van der Waals surface area contributed by atoms with Gasteiger partial charge in [-0.25, -0.2) is 8.78 Å². The van der Waals surface area contributed by atoms with E-state index < -0.39 is 5.92 Å². The molecule has 0 amide bonds. The topological polar surface area (TPSA) is 24.9 Å². The molecule has 1 saturated heterocycles. The van der Waals surface area contributed by atoms with Crippen molar-refractivity contribution in [2.24, 2.45) is 0 Å². The van der Waals surface area contributed by atoms with Gasteiger partial charge in [-0.3, -0.25) is 4.98 Å². The SMILES string of the molecule is FC(F)(CC1CCCN1)c1cccnc1. The first-order valence-electron chi connectivity index (χ1n) is 5.20. The number of pyridine rings is 1. The van der Waals surface area contributed by atoms with E-state index in [1.54, 1.807) is 6.07 Å². The Morgan fingerprint density at radius 1 is 1.53 bits per heavy atom. The minimum atomic E-state index is -2.77. The molecule has 1 atom stereocenters. The van der Waals surface area contributed by atoms with Crippen LogP contribution >= 0.6 is 0 Å². The van der Waals surface area contributed by atoms with Gasteiger partial charge in [0.2, 0.25) is 0 Å². The van der Waals surface area contributed by atoms with E-state index in [0.29, 0.717) is 0 Å². The number of nitrogens with one attached hydrogen (secondary N) is 1. The van der Waals surface area contributed by atoms with E-state index in [1.807, 2.05) is 0 Å². The Labute approximate surface area is 87.7 Å². The summed E-state index contributed by atoms with van der Waals surface area (Å²) in [5.41, 5.74) is 0.0127. The maximum atomic E-state index is 13.7. The minimum Gasteiger partial charge on any atom is -0.314 e. The summed E-state index contributed by atoms with van der Waals surface area (Å²) in [5, 5.41) is 3.08. The third-order valence-corrected chi connectivity index (χ3v) is 2.75. The van der Waals surface area contributed by atoms with Crippen LogP contribution in [0.25, 0.3) is 0 Å².